The smallest absolute Gasteiger partial charge is 0.136 e. The fraction of sp³-hybridized carbons (Fsp3) is 0. The maximum absolute atomic E-state index is 6.14. The van der Waals surface area contributed by atoms with Gasteiger partial charge in [0, 0.05) is 16.0 Å². The molecule has 1 nitrogen and oxygen atoms in total. The fourth-order valence-electron chi connectivity index (χ4n) is 1.80. The van der Waals surface area contributed by atoms with Gasteiger partial charge in [-0.1, -0.05) is 41.4 Å². The van der Waals surface area contributed by atoms with Crippen molar-refractivity contribution >= 4 is 34.2 Å². The van der Waals surface area contributed by atoms with Crippen molar-refractivity contribution < 1.29 is 4.42 Å². The van der Waals surface area contributed by atoms with Crippen LogP contribution in [-0.2, 0) is 0 Å². The number of halogens is 2. The monoisotopic (exact) mass is 262 g/mol. The Morgan fingerprint density at radius 3 is 2.53 bits per heavy atom. The molecule has 84 valence electrons. The van der Waals surface area contributed by atoms with E-state index in [2.05, 4.69) is 0 Å². The average Bonchev–Trinajstić information content (AvgIpc) is 2.75. The van der Waals surface area contributed by atoms with E-state index in [9.17, 15) is 0 Å². The Morgan fingerprint density at radius 2 is 1.71 bits per heavy atom. The van der Waals surface area contributed by atoms with Gasteiger partial charge in [-0.2, -0.15) is 0 Å². The van der Waals surface area contributed by atoms with Crippen molar-refractivity contribution in [1.29, 1.82) is 0 Å². The molecule has 0 spiro atoms. The van der Waals surface area contributed by atoms with Crippen molar-refractivity contribution in [3.8, 4) is 11.3 Å². The molecule has 2 aromatic carbocycles. The lowest BCUT2D eigenvalue weighted by Crippen LogP contribution is -1.76. The van der Waals surface area contributed by atoms with Crippen molar-refractivity contribution in [2.24, 2.45) is 0 Å². The summed E-state index contributed by atoms with van der Waals surface area (Å²) in [5.41, 5.74) is 1.66. The molecule has 0 N–H and O–H groups in total. The van der Waals surface area contributed by atoms with Gasteiger partial charge in [0.15, 0.2) is 0 Å². The van der Waals surface area contributed by atoms with E-state index in [1.807, 2.05) is 36.4 Å². The standard InChI is InChI=1S/C14H8Cl2O/c15-10-5-6-12(16)11(8-10)14-7-9-3-1-2-4-13(9)17-14/h1-8H. The number of furan rings is 1. The van der Waals surface area contributed by atoms with Gasteiger partial charge in [-0.15, -0.1) is 0 Å². The summed E-state index contributed by atoms with van der Waals surface area (Å²) in [4.78, 5) is 0. The minimum absolute atomic E-state index is 0.633. The molecule has 0 fully saturated rings. The molecule has 0 aliphatic carbocycles. The predicted octanol–water partition coefficient (Wildman–Crippen LogP) is 5.41. The molecule has 17 heavy (non-hydrogen) atoms. The van der Waals surface area contributed by atoms with Crippen molar-refractivity contribution in [3.05, 3.63) is 58.6 Å². The number of rotatable bonds is 1. The Kier molecular flexibility index (Phi) is 2.58. The lowest BCUT2D eigenvalue weighted by Gasteiger charge is -2.00. The van der Waals surface area contributed by atoms with Crippen LogP contribution in [0.25, 0.3) is 22.3 Å². The van der Waals surface area contributed by atoms with E-state index < -0.39 is 0 Å². The predicted molar refractivity (Wildman–Crippen MR) is 71.7 cm³/mol. The highest BCUT2D eigenvalue weighted by Crippen LogP contribution is 2.34. The van der Waals surface area contributed by atoms with Gasteiger partial charge in [-0.05, 0) is 30.3 Å². The maximum atomic E-state index is 6.14. The maximum Gasteiger partial charge on any atom is 0.136 e. The third-order valence-corrected chi connectivity index (χ3v) is 3.18. The van der Waals surface area contributed by atoms with Crippen LogP contribution in [0.15, 0.2) is 52.9 Å². The van der Waals surface area contributed by atoms with E-state index in [0.29, 0.717) is 10.0 Å². The van der Waals surface area contributed by atoms with Gasteiger partial charge in [0.25, 0.3) is 0 Å². The first-order valence-electron chi connectivity index (χ1n) is 5.18. The third kappa shape index (κ3) is 1.92. The topological polar surface area (TPSA) is 13.1 Å². The summed E-state index contributed by atoms with van der Waals surface area (Å²) < 4.78 is 5.75. The van der Waals surface area contributed by atoms with Gasteiger partial charge < -0.3 is 4.42 Å². The fourth-order valence-corrected chi connectivity index (χ4v) is 2.18. The molecule has 1 aromatic heterocycles. The number of benzene rings is 2. The van der Waals surface area contributed by atoms with E-state index in [0.717, 1.165) is 22.3 Å². The quantitative estimate of drug-likeness (QED) is 0.572. The summed E-state index contributed by atoms with van der Waals surface area (Å²) in [6, 6.07) is 15.1. The van der Waals surface area contributed by atoms with Crippen LogP contribution in [0.4, 0.5) is 0 Å². The first-order valence-corrected chi connectivity index (χ1v) is 5.93. The van der Waals surface area contributed by atoms with Crippen LogP contribution in [0.3, 0.4) is 0 Å². The lowest BCUT2D eigenvalue weighted by atomic mass is 10.1. The molecule has 0 saturated heterocycles. The minimum atomic E-state index is 0.633. The van der Waals surface area contributed by atoms with Crippen molar-refractivity contribution in [1.82, 2.24) is 0 Å². The molecule has 0 amide bonds. The molecule has 0 unspecified atom stereocenters. The molecule has 0 aliphatic rings. The third-order valence-electron chi connectivity index (χ3n) is 2.62. The first-order chi connectivity index (χ1) is 8.24. The summed E-state index contributed by atoms with van der Waals surface area (Å²) >= 11 is 12.1. The molecule has 3 heteroatoms. The highest BCUT2D eigenvalue weighted by molar-refractivity contribution is 6.35. The molecular formula is C14H8Cl2O. The highest BCUT2D eigenvalue weighted by Gasteiger charge is 2.09. The van der Waals surface area contributed by atoms with Gasteiger partial charge >= 0.3 is 0 Å². The zero-order valence-corrected chi connectivity index (χ0v) is 10.3. The Labute approximate surface area is 109 Å². The summed E-state index contributed by atoms with van der Waals surface area (Å²) in [5.74, 6) is 0.735. The molecular weight excluding hydrogens is 255 g/mol. The van der Waals surface area contributed by atoms with Crippen molar-refractivity contribution in [2.45, 2.75) is 0 Å². The van der Waals surface area contributed by atoms with Gasteiger partial charge in [0.1, 0.15) is 11.3 Å². The van der Waals surface area contributed by atoms with Crippen LogP contribution in [0, 0.1) is 0 Å². The normalized spacial score (nSPS) is 10.9. The minimum Gasteiger partial charge on any atom is -0.456 e. The molecule has 3 aromatic rings. The van der Waals surface area contributed by atoms with Gasteiger partial charge in [-0.25, -0.2) is 0 Å². The Balaban J connectivity index is 2.23. The molecule has 0 bridgehead atoms. The highest BCUT2D eigenvalue weighted by atomic mass is 35.5. The van der Waals surface area contributed by atoms with Gasteiger partial charge in [0.2, 0.25) is 0 Å². The van der Waals surface area contributed by atoms with E-state index in [-0.39, 0.29) is 0 Å². The summed E-state index contributed by atoms with van der Waals surface area (Å²) in [7, 11) is 0. The largest absolute Gasteiger partial charge is 0.456 e. The second-order valence-electron chi connectivity index (χ2n) is 3.77. The molecule has 0 atom stereocenters. The summed E-state index contributed by atoms with van der Waals surface area (Å²) in [6.45, 7) is 0. The first kappa shape index (κ1) is 10.7. The van der Waals surface area contributed by atoms with E-state index >= 15 is 0 Å². The average molecular weight is 263 g/mol. The SMILES string of the molecule is Clc1ccc(Cl)c(-c2cc3ccccc3o2)c1. The lowest BCUT2D eigenvalue weighted by molar-refractivity contribution is 0.631. The van der Waals surface area contributed by atoms with E-state index in [4.69, 9.17) is 27.6 Å². The van der Waals surface area contributed by atoms with Crippen LogP contribution in [-0.4, -0.2) is 0 Å². The second-order valence-corrected chi connectivity index (χ2v) is 4.62. The zero-order chi connectivity index (χ0) is 11.8. The van der Waals surface area contributed by atoms with Crippen LogP contribution < -0.4 is 0 Å². The van der Waals surface area contributed by atoms with Crippen LogP contribution >= 0.6 is 23.2 Å². The van der Waals surface area contributed by atoms with E-state index in [1.165, 1.54) is 0 Å². The number of hydrogen-bond acceptors (Lipinski definition) is 1. The molecule has 0 aliphatic heterocycles. The molecule has 1 heterocycles. The van der Waals surface area contributed by atoms with Crippen molar-refractivity contribution in [2.75, 3.05) is 0 Å². The van der Waals surface area contributed by atoms with Crippen molar-refractivity contribution in [3.63, 3.8) is 0 Å². The molecule has 0 radical (unpaired) electrons. The Bertz CT molecular complexity index is 653. The number of fused-ring (bicyclic) bond motifs is 1. The second kappa shape index (κ2) is 4.10. The van der Waals surface area contributed by atoms with Crippen LogP contribution in [0.1, 0.15) is 0 Å². The summed E-state index contributed by atoms with van der Waals surface area (Å²) in [6.07, 6.45) is 0. The number of hydrogen-bond donors (Lipinski definition) is 0. The molecule has 3 rings (SSSR count). The van der Waals surface area contributed by atoms with Crippen LogP contribution in [0.2, 0.25) is 10.0 Å². The van der Waals surface area contributed by atoms with Gasteiger partial charge in [0.05, 0.1) is 5.02 Å². The van der Waals surface area contributed by atoms with E-state index in [1.54, 1.807) is 12.1 Å². The Hall–Kier alpha value is -1.44. The number of para-hydroxylation sites is 1. The molecule has 0 saturated carbocycles. The van der Waals surface area contributed by atoms with Crippen LogP contribution in [0.5, 0.6) is 0 Å². The summed E-state index contributed by atoms with van der Waals surface area (Å²) in [5, 5.41) is 2.33. The zero-order valence-electron chi connectivity index (χ0n) is 8.78. The van der Waals surface area contributed by atoms with Gasteiger partial charge in [-0.3, -0.25) is 0 Å². The Morgan fingerprint density at radius 1 is 0.882 bits per heavy atom.